The van der Waals surface area contributed by atoms with E-state index < -0.39 is 29.8 Å². The molecule has 5 rings (SSSR count). The first kappa shape index (κ1) is 24.6. The van der Waals surface area contributed by atoms with Gasteiger partial charge in [-0.1, -0.05) is 12.1 Å². The summed E-state index contributed by atoms with van der Waals surface area (Å²) in [5, 5.41) is 39.6. The third kappa shape index (κ3) is 4.92. The Morgan fingerprint density at radius 3 is 2.39 bits per heavy atom. The van der Waals surface area contributed by atoms with Crippen molar-refractivity contribution in [2.24, 2.45) is 5.92 Å². The number of thiazole rings is 1. The van der Waals surface area contributed by atoms with Crippen molar-refractivity contribution in [3.63, 3.8) is 0 Å². The number of fused-ring (bicyclic) bond motifs is 1. The Bertz CT molecular complexity index is 1350. The number of hydrogen-bond donors (Lipinski definition) is 5. The molecule has 0 unspecified atom stereocenters. The van der Waals surface area contributed by atoms with E-state index in [2.05, 4.69) is 15.6 Å². The summed E-state index contributed by atoms with van der Waals surface area (Å²) in [6.07, 6.45) is 0.117. The van der Waals surface area contributed by atoms with Crippen LogP contribution in [0.2, 0.25) is 0 Å². The van der Waals surface area contributed by atoms with Crippen LogP contribution in [0.25, 0.3) is 20.8 Å². The maximum atomic E-state index is 10.8. The molecule has 1 aliphatic rings. The Balaban J connectivity index is 1.52. The van der Waals surface area contributed by atoms with Crippen molar-refractivity contribution < 1.29 is 15.3 Å². The molecule has 1 aliphatic carbocycles. The summed E-state index contributed by atoms with van der Waals surface area (Å²) >= 11 is 1.59. The lowest BCUT2D eigenvalue weighted by Crippen LogP contribution is -2.40. The van der Waals surface area contributed by atoms with Gasteiger partial charge in [0.05, 0.1) is 33.7 Å². The van der Waals surface area contributed by atoms with E-state index in [1.807, 2.05) is 56.3 Å². The average molecular weight is 506 g/mol. The number of anilines is 3. The molecule has 0 radical (unpaired) electrons. The van der Waals surface area contributed by atoms with Crippen LogP contribution in [-0.2, 0) is 0 Å². The molecule has 0 saturated heterocycles. The molecule has 1 saturated carbocycles. The van der Waals surface area contributed by atoms with Crippen molar-refractivity contribution in [2.45, 2.75) is 58.0 Å². The second-order valence-electron chi connectivity index (χ2n) is 10.1. The highest BCUT2D eigenvalue weighted by Crippen LogP contribution is 2.39. The number of aliphatic hydroxyl groups excluding tert-OH is 2. The number of benzene rings is 1. The standard InChI is InChI=1S/C27H31N5O3S/c1-14-9-17(10-15(2)29-14)30-25-21(31-20-12-18(27(3,4)35)23(33)24(20)34)11-16(13-28-25)26-32-19-7-5-6-8-22(19)36-26/h5-11,13,18,20,23-24,31,33-35H,12H2,1-4H3,(H,28,29,30)/t18-,20+,23+,24-/m0/s1. The fourth-order valence-electron chi connectivity index (χ4n) is 4.91. The third-order valence-electron chi connectivity index (χ3n) is 6.70. The van der Waals surface area contributed by atoms with Gasteiger partial charge in [-0.25, -0.2) is 9.97 Å². The van der Waals surface area contributed by atoms with Crippen LogP contribution in [0.3, 0.4) is 0 Å². The molecule has 4 aromatic rings. The highest BCUT2D eigenvalue weighted by Gasteiger charge is 2.47. The van der Waals surface area contributed by atoms with Crippen molar-refractivity contribution in [1.29, 1.82) is 0 Å². The van der Waals surface area contributed by atoms with Crippen molar-refractivity contribution in [3.8, 4) is 10.6 Å². The van der Waals surface area contributed by atoms with Gasteiger partial charge >= 0.3 is 0 Å². The first-order chi connectivity index (χ1) is 17.1. The quantitative estimate of drug-likeness (QED) is 0.261. The van der Waals surface area contributed by atoms with Gasteiger partial charge in [0.25, 0.3) is 0 Å². The van der Waals surface area contributed by atoms with Crippen LogP contribution in [0, 0.1) is 19.8 Å². The van der Waals surface area contributed by atoms with E-state index in [9.17, 15) is 15.3 Å². The number of aromatic nitrogens is 3. The zero-order valence-electron chi connectivity index (χ0n) is 20.7. The Morgan fingerprint density at radius 1 is 1.00 bits per heavy atom. The zero-order chi connectivity index (χ0) is 25.6. The number of nitrogens with one attached hydrogen (secondary N) is 2. The Labute approximate surface area is 214 Å². The fourth-order valence-corrected chi connectivity index (χ4v) is 5.86. The van der Waals surface area contributed by atoms with Gasteiger partial charge in [-0.2, -0.15) is 0 Å². The van der Waals surface area contributed by atoms with E-state index in [1.165, 1.54) is 0 Å². The molecule has 0 amide bonds. The monoisotopic (exact) mass is 505 g/mol. The van der Waals surface area contributed by atoms with Crippen LogP contribution in [0.4, 0.5) is 17.2 Å². The summed E-state index contributed by atoms with van der Waals surface area (Å²) in [6, 6.07) is 13.4. The number of nitrogens with zero attached hydrogens (tertiary/aromatic N) is 3. The Kier molecular flexibility index (Phi) is 6.42. The first-order valence-electron chi connectivity index (χ1n) is 12.0. The number of rotatable bonds is 6. The molecule has 0 bridgehead atoms. The van der Waals surface area contributed by atoms with E-state index in [-0.39, 0.29) is 0 Å². The number of aryl methyl sites for hydroxylation is 2. The molecule has 36 heavy (non-hydrogen) atoms. The number of hydrogen-bond acceptors (Lipinski definition) is 9. The van der Waals surface area contributed by atoms with Gasteiger partial charge in [0.1, 0.15) is 11.1 Å². The molecule has 1 aromatic carbocycles. The van der Waals surface area contributed by atoms with E-state index in [0.717, 1.165) is 37.9 Å². The van der Waals surface area contributed by atoms with Gasteiger partial charge in [0, 0.05) is 34.8 Å². The molecule has 5 N–H and O–H groups in total. The minimum atomic E-state index is -1.12. The van der Waals surface area contributed by atoms with Gasteiger partial charge in [-0.05, 0) is 64.4 Å². The molecule has 8 nitrogen and oxygen atoms in total. The van der Waals surface area contributed by atoms with Crippen LogP contribution < -0.4 is 10.6 Å². The predicted octanol–water partition coefficient (Wildman–Crippen LogP) is 4.41. The SMILES string of the molecule is Cc1cc(Nc2ncc(-c3nc4ccccc4s3)cc2N[C@@H]2C[C@H](C(C)(C)O)[C@@H](O)[C@H]2O)cc(C)n1. The highest BCUT2D eigenvalue weighted by molar-refractivity contribution is 7.21. The lowest BCUT2D eigenvalue weighted by atomic mass is 9.88. The fraction of sp³-hybridized carbons (Fsp3) is 0.370. The van der Waals surface area contributed by atoms with Gasteiger partial charge in [0.15, 0.2) is 5.82 Å². The average Bonchev–Trinajstić information content (AvgIpc) is 3.36. The summed E-state index contributed by atoms with van der Waals surface area (Å²) in [6.45, 7) is 7.20. The van der Waals surface area contributed by atoms with Crippen LogP contribution >= 0.6 is 11.3 Å². The topological polar surface area (TPSA) is 123 Å². The first-order valence-corrected chi connectivity index (χ1v) is 12.8. The molecule has 3 heterocycles. The van der Waals surface area contributed by atoms with E-state index >= 15 is 0 Å². The second-order valence-corrected chi connectivity index (χ2v) is 11.1. The van der Waals surface area contributed by atoms with Gasteiger partial charge < -0.3 is 26.0 Å². The molecule has 0 aliphatic heterocycles. The highest BCUT2D eigenvalue weighted by atomic mass is 32.1. The largest absolute Gasteiger partial charge is 0.390 e. The number of para-hydroxylation sites is 1. The van der Waals surface area contributed by atoms with Crippen molar-refractivity contribution in [3.05, 3.63) is 60.0 Å². The summed E-state index contributed by atoms with van der Waals surface area (Å²) in [7, 11) is 0. The summed E-state index contributed by atoms with van der Waals surface area (Å²) in [5.41, 5.74) is 3.96. The van der Waals surface area contributed by atoms with E-state index in [4.69, 9.17) is 9.97 Å². The molecular formula is C27H31N5O3S. The van der Waals surface area contributed by atoms with Gasteiger partial charge in [0.2, 0.25) is 0 Å². The Morgan fingerprint density at radius 2 is 1.72 bits per heavy atom. The minimum Gasteiger partial charge on any atom is -0.390 e. The van der Waals surface area contributed by atoms with Crippen molar-refractivity contribution in [1.82, 2.24) is 15.0 Å². The van der Waals surface area contributed by atoms with E-state index in [1.54, 1.807) is 31.4 Å². The van der Waals surface area contributed by atoms with Gasteiger partial charge in [-0.3, -0.25) is 4.98 Å². The summed E-state index contributed by atoms with van der Waals surface area (Å²) < 4.78 is 1.09. The van der Waals surface area contributed by atoms with Crippen LogP contribution in [-0.4, -0.2) is 54.1 Å². The van der Waals surface area contributed by atoms with Gasteiger partial charge in [-0.15, -0.1) is 11.3 Å². The van der Waals surface area contributed by atoms with Crippen LogP contribution in [0.1, 0.15) is 31.7 Å². The molecule has 188 valence electrons. The van der Waals surface area contributed by atoms with Crippen LogP contribution in [0.5, 0.6) is 0 Å². The third-order valence-corrected chi connectivity index (χ3v) is 7.79. The molecule has 0 spiro atoms. The van der Waals surface area contributed by atoms with E-state index in [0.29, 0.717) is 17.9 Å². The smallest absolute Gasteiger partial charge is 0.153 e. The lowest BCUT2D eigenvalue weighted by molar-refractivity contribution is -0.0601. The van der Waals surface area contributed by atoms with Crippen LogP contribution in [0.15, 0.2) is 48.7 Å². The Hall–Kier alpha value is -3.11. The zero-order valence-corrected chi connectivity index (χ0v) is 21.5. The second kappa shape index (κ2) is 9.40. The normalized spacial score (nSPS) is 22.2. The van der Waals surface area contributed by atoms with Crippen molar-refractivity contribution in [2.75, 3.05) is 10.6 Å². The minimum absolute atomic E-state index is 0.407. The lowest BCUT2D eigenvalue weighted by Gasteiger charge is -2.28. The number of pyridine rings is 2. The maximum absolute atomic E-state index is 10.8. The molecule has 1 fully saturated rings. The molecular weight excluding hydrogens is 474 g/mol. The van der Waals surface area contributed by atoms with Crippen molar-refractivity contribution >= 4 is 38.7 Å². The predicted molar refractivity (Wildman–Crippen MR) is 144 cm³/mol. The summed E-state index contributed by atoms with van der Waals surface area (Å²) in [4.78, 5) is 13.9. The molecule has 4 atom stereocenters. The summed E-state index contributed by atoms with van der Waals surface area (Å²) in [5.74, 6) is 0.116. The maximum Gasteiger partial charge on any atom is 0.153 e. The molecule has 3 aromatic heterocycles. The molecule has 9 heteroatoms. The number of aliphatic hydroxyl groups is 3.